The summed E-state index contributed by atoms with van der Waals surface area (Å²) in [6.07, 6.45) is 0. The van der Waals surface area contributed by atoms with Gasteiger partial charge in [0.25, 0.3) is 0 Å². The summed E-state index contributed by atoms with van der Waals surface area (Å²) < 4.78 is 20.7. The molecule has 0 amide bonds. The third-order valence-electron chi connectivity index (χ3n) is 2.45. The average molecular weight is 415 g/mol. The Labute approximate surface area is 141 Å². The molecule has 0 aliphatic carbocycles. The summed E-state index contributed by atoms with van der Waals surface area (Å²) in [5, 5.41) is 0. The molecule has 0 heterocycles. The Morgan fingerprint density at radius 3 is 1.18 bits per heavy atom. The molecule has 4 heteroatoms. The molecule has 3 nitrogen and oxygen atoms in total. The second-order valence-electron chi connectivity index (χ2n) is 8.57. The van der Waals surface area contributed by atoms with E-state index in [1.165, 1.54) is 0 Å². The number of hydrogen-bond acceptors (Lipinski definition) is 3. The predicted molar refractivity (Wildman–Crippen MR) is 94.3 cm³/mol. The quantitative estimate of drug-likeness (QED) is 0.688. The van der Waals surface area contributed by atoms with Crippen molar-refractivity contribution in [3.8, 4) is 0 Å². The minimum atomic E-state index is -4.01. The molecule has 0 fully saturated rings. The van der Waals surface area contributed by atoms with Gasteiger partial charge in [-0.2, -0.15) is 0 Å². The molecule has 0 spiro atoms. The second kappa shape index (κ2) is 6.79. The van der Waals surface area contributed by atoms with Crippen LogP contribution in [0.4, 0.5) is 0 Å². The molecule has 0 aromatic heterocycles. The standard InChI is InChI=1S/C6H5.3C4H9O.Sn/c1-2-4-6-5-3-1;3*1-4(2,3)5;/h1-5H;3*1-3H3;/q;3*-1;+3. The first-order chi connectivity index (χ1) is 9.73. The van der Waals surface area contributed by atoms with Crippen molar-refractivity contribution in [1.29, 1.82) is 0 Å². The van der Waals surface area contributed by atoms with Crippen molar-refractivity contribution in [2.75, 3.05) is 0 Å². The first-order valence-electron chi connectivity index (χ1n) is 7.89. The third-order valence-corrected chi connectivity index (χ3v) is 13.0. The molecule has 0 saturated heterocycles. The molecule has 0 N–H and O–H groups in total. The van der Waals surface area contributed by atoms with E-state index in [1.807, 2.05) is 18.2 Å². The summed E-state index contributed by atoms with van der Waals surface area (Å²) in [5.41, 5.74) is -0.993. The van der Waals surface area contributed by atoms with Crippen LogP contribution in [0.2, 0.25) is 0 Å². The fourth-order valence-electron chi connectivity index (χ4n) is 2.09. The fourth-order valence-corrected chi connectivity index (χ4v) is 12.1. The molecule has 1 aromatic rings. The number of benzene rings is 1. The summed E-state index contributed by atoms with van der Waals surface area (Å²) in [4.78, 5) is 0. The van der Waals surface area contributed by atoms with Crippen molar-refractivity contribution in [2.45, 2.75) is 79.1 Å². The van der Waals surface area contributed by atoms with E-state index in [-0.39, 0.29) is 16.8 Å². The SMILES string of the molecule is CC(C)(C)[O][Sn]([O]C(C)(C)C)([O]C(C)(C)C)[c]1ccccc1. The first kappa shape index (κ1) is 19.9. The molecule has 0 unspecified atom stereocenters. The Hall–Kier alpha value is -0.101. The van der Waals surface area contributed by atoms with Gasteiger partial charge in [0.05, 0.1) is 0 Å². The van der Waals surface area contributed by atoms with E-state index in [4.69, 9.17) is 9.22 Å². The second-order valence-corrected chi connectivity index (χ2v) is 15.1. The first-order valence-corrected chi connectivity index (χ1v) is 12.8. The topological polar surface area (TPSA) is 27.7 Å². The van der Waals surface area contributed by atoms with Crippen LogP contribution in [-0.4, -0.2) is 36.4 Å². The molecule has 22 heavy (non-hydrogen) atoms. The summed E-state index contributed by atoms with van der Waals surface area (Å²) in [6.45, 7) is 18.5. The molecule has 0 atom stereocenters. The molecule has 0 radical (unpaired) electrons. The van der Waals surface area contributed by atoms with Gasteiger partial charge in [-0.15, -0.1) is 0 Å². The summed E-state index contributed by atoms with van der Waals surface area (Å²) >= 11 is -4.01. The van der Waals surface area contributed by atoms with E-state index in [2.05, 4.69) is 74.4 Å². The van der Waals surface area contributed by atoms with Crippen LogP contribution >= 0.6 is 0 Å². The summed E-state index contributed by atoms with van der Waals surface area (Å²) in [7, 11) is 0. The molecule has 0 bridgehead atoms. The van der Waals surface area contributed by atoms with Gasteiger partial charge in [-0.05, 0) is 0 Å². The van der Waals surface area contributed by atoms with Gasteiger partial charge in [0.2, 0.25) is 0 Å². The predicted octanol–water partition coefficient (Wildman–Crippen LogP) is 4.28. The van der Waals surface area contributed by atoms with Crippen molar-refractivity contribution in [1.82, 2.24) is 0 Å². The summed E-state index contributed by atoms with van der Waals surface area (Å²) in [6, 6.07) is 10.2. The van der Waals surface area contributed by atoms with Gasteiger partial charge in [-0.3, -0.25) is 0 Å². The van der Waals surface area contributed by atoms with Crippen molar-refractivity contribution in [2.24, 2.45) is 0 Å². The van der Waals surface area contributed by atoms with Gasteiger partial charge in [-0.25, -0.2) is 0 Å². The van der Waals surface area contributed by atoms with Crippen molar-refractivity contribution in [3.63, 3.8) is 0 Å². The maximum absolute atomic E-state index is 6.53. The van der Waals surface area contributed by atoms with Crippen molar-refractivity contribution >= 4 is 23.2 Å². The van der Waals surface area contributed by atoms with Crippen LogP contribution < -0.4 is 3.58 Å². The molecule has 1 rings (SSSR count). The Balaban J connectivity index is 3.41. The van der Waals surface area contributed by atoms with Crippen LogP contribution in [0.15, 0.2) is 30.3 Å². The van der Waals surface area contributed by atoms with E-state index in [9.17, 15) is 0 Å². The fraction of sp³-hybridized carbons (Fsp3) is 0.667. The Morgan fingerprint density at radius 1 is 0.591 bits per heavy atom. The van der Waals surface area contributed by atoms with Crippen LogP contribution in [0.25, 0.3) is 0 Å². The van der Waals surface area contributed by atoms with Gasteiger partial charge >= 0.3 is 142 Å². The maximum atomic E-state index is 6.53. The molecule has 126 valence electrons. The monoisotopic (exact) mass is 416 g/mol. The normalized spacial score (nSPS) is 14.2. The van der Waals surface area contributed by atoms with E-state index in [1.54, 1.807) is 0 Å². The Bertz CT molecular complexity index is 423. The van der Waals surface area contributed by atoms with Gasteiger partial charge in [0.15, 0.2) is 0 Å². The molecule has 0 saturated carbocycles. The zero-order valence-electron chi connectivity index (χ0n) is 15.6. The van der Waals surface area contributed by atoms with Crippen LogP contribution in [0, 0.1) is 0 Å². The zero-order valence-corrected chi connectivity index (χ0v) is 18.5. The van der Waals surface area contributed by atoms with E-state index in [0.29, 0.717) is 0 Å². The van der Waals surface area contributed by atoms with Gasteiger partial charge < -0.3 is 0 Å². The molecule has 0 aliphatic heterocycles. The molecular weight excluding hydrogens is 383 g/mol. The van der Waals surface area contributed by atoms with Crippen LogP contribution in [-0.2, 0) is 9.22 Å². The van der Waals surface area contributed by atoms with Crippen molar-refractivity contribution < 1.29 is 9.22 Å². The van der Waals surface area contributed by atoms with Gasteiger partial charge in [0.1, 0.15) is 0 Å². The molecular formula is C18H32O3Sn. The molecule has 0 aliphatic rings. The average Bonchev–Trinajstić information content (AvgIpc) is 2.22. The summed E-state index contributed by atoms with van der Waals surface area (Å²) in [5.74, 6) is 0. The zero-order chi connectivity index (χ0) is 17.2. The minimum absolute atomic E-state index is 0.331. The van der Waals surface area contributed by atoms with Gasteiger partial charge in [-0.1, -0.05) is 0 Å². The Morgan fingerprint density at radius 2 is 0.909 bits per heavy atom. The van der Waals surface area contributed by atoms with Crippen molar-refractivity contribution in [3.05, 3.63) is 30.3 Å². The van der Waals surface area contributed by atoms with E-state index < -0.39 is 19.6 Å². The third kappa shape index (κ3) is 6.98. The number of rotatable bonds is 4. The van der Waals surface area contributed by atoms with Crippen LogP contribution in [0.3, 0.4) is 0 Å². The molecule has 1 aromatic carbocycles. The van der Waals surface area contributed by atoms with E-state index >= 15 is 0 Å². The Kier molecular flexibility index (Phi) is 6.16. The van der Waals surface area contributed by atoms with Crippen LogP contribution in [0.1, 0.15) is 62.3 Å². The van der Waals surface area contributed by atoms with Crippen LogP contribution in [0.5, 0.6) is 0 Å². The van der Waals surface area contributed by atoms with Gasteiger partial charge in [0, 0.05) is 0 Å². The number of hydrogen-bond donors (Lipinski definition) is 0. The van der Waals surface area contributed by atoms with E-state index in [0.717, 1.165) is 3.58 Å².